The predicted molar refractivity (Wildman–Crippen MR) is 126 cm³/mol. The summed E-state index contributed by atoms with van der Waals surface area (Å²) in [6.45, 7) is 3.78. The lowest BCUT2D eigenvalue weighted by Crippen LogP contribution is -2.07. The van der Waals surface area contributed by atoms with Crippen LogP contribution in [-0.4, -0.2) is 26.3 Å². The molecule has 0 aliphatic heterocycles. The van der Waals surface area contributed by atoms with Crippen LogP contribution in [0.4, 0.5) is 0 Å². The minimum Gasteiger partial charge on any atom is -0.374 e. The van der Waals surface area contributed by atoms with Gasteiger partial charge in [-0.1, -0.05) is 65.3 Å². The lowest BCUT2D eigenvalue weighted by atomic mass is 10.1. The second-order valence-corrected chi connectivity index (χ2v) is 7.94. The maximum absolute atomic E-state index is 6.50. The molecular formula is C25H23ClN4O2. The highest BCUT2D eigenvalue weighted by atomic mass is 35.5. The minimum absolute atomic E-state index is 0.415. The van der Waals surface area contributed by atoms with Gasteiger partial charge in [0.1, 0.15) is 29.4 Å². The van der Waals surface area contributed by atoms with Crippen molar-refractivity contribution in [3.05, 3.63) is 77.4 Å². The maximum Gasteiger partial charge on any atom is 0.157 e. The number of halogens is 1. The fourth-order valence-electron chi connectivity index (χ4n) is 3.98. The second kappa shape index (κ2) is 9.10. The molecule has 0 saturated carbocycles. The average molecular weight is 447 g/mol. The molecule has 6 nitrogen and oxygen atoms in total. The Balaban J connectivity index is 1.43. The molecule has 0 bridgehead atoms. The van der Waals surface area contributed by atoms with Gasteiger partial charge in [0.2, 0.25) is 0 Å². The van der Waals surface area contributed by atoms with Gasteiger partial charge in [0.25, 0.3) is 0 Å². The molecule has 5 rings (SSSR count). The molecule has 5 aromatic rings. The van der Waals surface area contributed by atoms with Crippen LogP contribution in [0.2, 0.25) is 5.15 Å². The van der Waals surface area contributed by atoms with Gasteiger partial charge in [0, 0.05) is 36.6 Å². The minimum atomic E-state index is 0.415. The molecule has 3 heterocycles. The van der Waals surface area contributed by atoms with Gasteiger partial charge in [-0.2, -0.15) is 0 Å². The van der Waals surface area contributed by atoms with Gasteiger partial charge in [0.15, 0.2) is 5.15 Å². The van der Waals surface area contributed by atoms with Crippen molar-refractivity contribution in [3.63, 3.8) is 0 Å². The molecule has 0 aliphatic carbocycles. The maximum atomic E-state index is 6.50. The number of pyridine rings is 1. The number of nitrogens with zero attached hydrogens (tertiary/aromatic N) is 4. The number of para-hydroxylation sites is 1. The van der Waals surface area contributed by atoms with Crippen LogP contribution in [0, 0.1) is 0 Å². The van der Waals surface area contributed by atoms with Crippen molar-refractivity contribution in [3.8, 4) is 11.3 Å². The van der Waals surface area contributed by atoms with Crippen molar-refractivity contribution in [2.24, 2.45) is 0 Å². The van der Waals surface area contributed by atoms with Crippen molar-refractivity contribution in [2.45, 2.75) is 32.9 Å². The summed E-state index contributed by atoms with van der Waals surface area (Å²) >= 11 is 6.50. The smallest absolute Gasteiger partial charge is 0.157 e. The fraction of sp³-hybridized carbons (Fsp3) is 0.240. The molecule has 0 spiro atoms. The SMILES string of the molecule is CCOCc1nc2c(Cl)nc3ccccc3c2n1CCCc1cc(-c2ccccc2)no1. The van der Waals surface area contributed by atoms with E-state index in [1.165, 1.54) is 0 Å². The first-order chi connectivity index (χ1) is 15.7. The lowest BCUT2D eigenvalue weighted by Gasteiger charge is -2.10. The van der Waals surface area contributed by atoms with E-state index in [2.05, 4.69) is 20.8 Å². The number of rotatable bonds is 8. The van der Waals surface area contributed by atoms with E-state index in [9.17, 15) is 0 Å². The number of fused-ring (bicyclic) bond motifs is 3. The zero-order chi connectivity index (χ0) is 21.9. The van der Waals surface area contributed by atoms with Crippen molar-refractivity contribution >= 4 is 33.5 Å². The predicted octanol–water partition coefficient (Wildman–Crippen LogP) is 6.06. The van der Waals surface area contributed by atoms with Crippen LogP contribution < -0.4 is 0 Å². The molecule has 2 aromatic carbocycles. The van der Waals surface area contributed by atoms with Crippen molar-refractivity contribution < 1.29 is 9.26 Å². The Hall–Kier alpha value is -3.22. The van der Waals surface area contributed by atoms with E-state index in [1.807, 2.05) is 61.5 Å². The zero-order valence-electron chi connectivity index (χ0n) is 17.8. The number of imidazole rings is 1. The van der Waals surface area contributed by atoms with Gasteiger partial charge >= 0.3 is 0 Å². The zero-order valence-corrected chi connectivity index (χ0v) is 18.5. The van der Waals surface area contributed by atoms with Crippen LogP contribution in [0.3, 0.4) is 0 Å². The molecule has 3 aromatic heterocycles. The van der Waals surface area contributed by atoms with Gasteiger partial charge in [-0.3, -0.25) is 0 Å². The molecule has 0 saturated heterocycles. The molecule has 7 heteroatoms. The summed E-state index contributed by atoms with van der Waals surface area (Å²) in [5.74, 6) is 1.72. The second-order valence-electron chi connectivity index (χ2n) is 7.58. The Kier molecular flexibility index (Phi) is 5.88. The number of aromatic nitrogens is 4. The highest BCUT2D eigenvalue weighted by molar-refractivity contribution is 6.35. The monoisotopic (exact) mass is 446 g/mol. The third kappa shape index (κ3) is 3.99. The van der Waals surface area contributed by atoms with Crippen LogP contribution in [-0.2, 0) is 24.3 Å². The first-order valence-corrected chi connectivity index (χ1v) is 11.1. The van der Waals surface area contributed by atoms with Gasteiger partial charge in [-0.25, -0.2) is 9.97 Å². The number of benzene rings is 2. The van der Waals surface area contributed by atoms with Crippen LogP contribution in [0.1, 0.15) is 24.9 Å². The standard InChI is InChI=1S/C25H23ClN4O2/c1-2-31-16-22-28-23-24(19-12-6-7-13-20(19)27-25(23)26)30(22)14-8-11-18-15-21(29-32-18)17-9-4-3-5-10-17/h3-7,9-10,12-13,15H,2,8,11,14,16H2,1H3. The average Bonchev–Trinajstić information content (AvgIpc) is 3.44. The largest absolute Gasteiger partial charge is 0.374 e. The van der Waals surface area contributed by atoms with E-state index < -0.39 is 0 Å². The van der Waals surface area contributed by atoms with Crippen LogP contribution in [0.25, 0.3) is 33.2 Å². The number of aryl methyl sites for hydroxylation is 2. The Morgan fingerprint density at radius 1 is 1.03 bits per heavy atom. The molecule has 162 valence electrons. The highest BCUT2D eigenvalue weighted by Gasteiger charge is 2.18. The lowest BCUT2D eigenvalue weighted by molar-refractivity contribution is 0.126. The molecule has 0 N–H and O–H groups in total. The number of ether oxygens (including phenoxy) is 1. The highest BCUT2D eigenvalue weighted by Crippen LogP contribution is 2.30. The van der Waals surface area contributed by atoms with E-state index in [0.717, 1.165) is 58.6 Å². The third-order valence-electron chi connectivity index (χ3n) is 5.49. The Bertz CT molecular complexity index is 1360. The van der Waals surface area contributed by atoms with E-state index in [-0.39, 0.29) is 0 Å². The molecule has 0 unspecified atom stereocenters. The Morgan fingerprint density at radius 2 is 1.84 bits per heavy atom. The summed E-state index contributed by atoms with van der Waals surface area (Å²) < 4.78 is 13.5. The van der Waals surface area contributed by atoms with Crippen LogP contribution in [0.15, 0.2) is 65.2 Å². The molecule has 0 radical (unpaired) electrons. The summed E-state index contributed by atoms with van der Waals surface area (Å²) in [6.07, 6.45) is 1.63. The first-order valence-electron chi connectivity index (χ1n) is 10.8. The van der Waals surface area contributed by atoms with Gasteiger partial charge in [-0.15, -0.1) is 0 Å². The number of hydrogen-bond acceptors (Lipinski definition) is 5. The normalized spacial score (nSPS) is 11.6. The van der Waals surface area contributed by atoms with Crippen LogP contribution in [0.5, 0.6) is 0 Å². The third-order valence-corrected chi connectivity index (χ3v) is 5.75. The summed E-state index contributed by atoms with van der Waals surface area (Å²) in [5, 5.41) is 5.67. The summed E-state index contributed by atoms with van der Waals surface area (Å²) in [4.78, 5) is 9.30. The van der Waals surface area contributed by atoms with Gasteiger partial charge < -0.3 is 13.8 Å². The van der Waals surface area contributed by atoms with E-state index in [0.29, 0.717) is 23.9 Å². The molecule has 0 atom stereocenters. The topological polar surface area (TPSA) is 66.0 Å². The van der Waals surface area contributed by atoms with Gasteiger partial charge in [0.05, 0.1) is 11.0 Å². The van der Waals surface area contributed by atoms with E-state index in [4.69, 9.17) is 25.8 Å². The van der Waals surface area contributed by atoms with Crippen molar-refractivity contribution in [1.29, 1.82) is 0 Å². The van der Waals surface area contributed by atoms with E-state index in [1.54, 1.807) is 0 Å². The molecule has 0 amide bonds. The molecule has 0 fully saturated rings. The fourth-order valence-corrected chi connectivity index (χ4v) is 4.20. The Labute approximate surface area is 190 Å². The van der Waals surface area contributed by atoms with E-state index >= 15 is 0 Å². The molecule has 32 heavy (non-hydrogen) atoms. The molecule has 0 aliphatic rings. The molecular weight excluding hydrogens is 424 g/mol. The quantitative estimate of drug-likeness (QED) is 0.271. The van der Waals surface area contributed by atoms with Crippen molar-refractivity contribution in [2.75, 3.05) is 6.61 Å². The van der Waals surface area contributed by atoms with Crippen LogP contribution >= 0.6 is 11.6 Å². The van der Waals surface area contributed by atoms with Gasteiger partial charge in [-0.05, 0) is 19.4 Å². The summed E-state index contributed by atoms with van der Waals surface area (Å²) in [5.41, 5.74) is 4.48. The summed E-state index contributed by atoms with van der Waals surface area (Å²) in [6, 6.07) is 20.1. The van der Waals surface area contributed by atoms with Crippen molar-refractivity contribution in [1.82, 2.24) is 19.7 Å². The Morgan fingerprint density at radius 3 is 2.69 bits per heavy atom. The first kappa shape index (κ1) is 20.7. The number of hydrogen-bond donors (Lipinski definition) is 0. The summed E-state index contributed by atoms with van der Waals surface area (Å²) in [7, 11) is 0.